The maximum absolute atomic E-state index is 11.6. The van der Waals surface area contributed by atoms with E-state index in [2.05, 4.69) is 17.0 Å². The van der Waals surface area contributed by atoms with E-state index in [1.54, 1.807) is 0 Å². The van der Waals surface area contributed by atoms with E-state index in [4.69, 9.17) is 0 Å². The highest BCUT2D eigenvalue weighted by Crippen LogP contribution is 2.23. The van der Waals surface area contributed by atoms with E-state index in [1.165, 1.54) is 25.7 Å². The Labute approximate surface area is 99.2 Å². The summed E-state index contributed by atoms with van der Waals surface area (Å²) in [6.45, 7) is 4.14. The third-order valence-electron chi connectivity index (χ3n) is 3.04. The second-order valence-electron chi connectivity index (χ2n) is 4.57. The Balaban J connectivity index is 2.12. The first-order chi connectivity index (χ1) is 7.64. The molecule has 1 fully saturated rings. The lowest BCUT2D eigenvalue weighted by atomic mass is 10.1. The van der Waals surface area contributed by atoms with Crippen LogP contribution in [0.2, 0.25) is 0 Å². The molecular weight excluding hydrogens is 224 g/mol. The van der Waals surface area contributed by atoms with Crippen LogP contribution in [-0.2, 0) is 10.0 Å². The topological polar surface area (TPSA) is 58.2 Å². The summed E-state index contributed by atoms with van der Waals surface area (Å²) in [6, 6.07) is 0. The van der Waals surface area contributed by atoms with Crippen molar-refractivity contribution in [2.24, 2.45) is 5.92 Å². The van der Waals surface area contributed by atoms with E-state index in [9.17, 15) is 8.42 Å². The van der Waals surface area contributed by atoms with Gasteiger partial charge in [0.25, 0.3) is 0 Å². The van der Waals surface area contributed by atoms with Gasteiger partial charge in [-0.05, 0) is 31.7 Å². The van der Waals surface area contributed by atoms with Crippen molar-refractivity contribution in [1.29, 1.82) is 0 Å². The van der Waals surface area contributed by atoms with Crippen LogP contribution in [0.1, 0.15) is 39.0 Å². The third kappa shape index (κ3) is 5.82. The van der Waals surface area contributed by atoms with Gasteiger partial charge in [0.1, 0.15) is 0 Å². The van der Waals surface area contributed by atoms with Crippen LogP contribution >= 0.6 is 0 Å². The zero-order valence-corrected chi connectivity index (χ0v) is 11.0. The van der Waals surface area contributed by atoms with Crippen molar-refractivity contribution >= 4 is 10.0 Å². The van der Waals surface area contributed by atoms with Crippen LogP contribution < -0.4 is 10.0 Å². The molecule has 96 valence electrons. The van der Waals surface area contributed by atoms with Crippen LogP contribution in [0.15, 0.2) is 0 Å². The molecule has 1 saturated carbocycles. The standard InChI is InChI=1S/C11H24N2O2S/c1-2-7-12-8-9-16(14,15)13-10-11-5-3-4-6-11/h11-13H,2-10H2,1H3. The maximum atomic E-state index is 11.6. The Hall–Kier alpha value is -0.130. The van der Waals surface area contributed by atoms with Gasteiger partial charge in [-0.2, -0.15) is 0 Å². The lowest BCUT2D eigenvalue weighted by Crippen LogP contribution is -2.34. The van der Waals surface area contributed by atoms with Gasteiger partial charge in [-0.3, -0.25) is 0 Å². The van der Waals surface area contributed by atoms with E-state index >= 15 is 0 Å². The van der Waals surface area contributed by atoms with Gasteiger partial charge in [-0.1, -0.05) is 19.8 Å². The molecular formula is C11H24N2O2S. The zero-order chi connectivity index (χ0) is 11.9. The number of nitrogens with one attached hydrogen (secondary N) is 2. The van der Waals surface area contributed by atoms with Crippen LogP contribution in [0.5, 0.6) is 0 Å². The minimum absolute atomic E-state index is 0.194. The smallest absolute Gasteiger partial charge is 0.212 e. The van der Waals surface area contributed by atoms with E-state index in [-0.39, 0.29) is 5.75 Å². The van der Waals surface area contributed by atoms with Gasteiger partial charge in [-0.15, -0.1) is 0 Å². The van der Waals surface area contributed by atoms with E-state index < -0.39 is 10.0 Å². The molecule has 0 heterocycles. The fraction of sp³-hybridized carbons (Fsp3) is 1.00. The molecule has 0 aliphatic heterocycles. The second-order valence-corrected chi connectivity index (χ2v) is 6.49. The summed E-state index contributed by atoms with van der Waals surface area (Å²) in [5.74, 6) is 0.762. The van der Waals surface area contributed by atoms with Crippen molar-refractivity contribution in [3.8, 4) is 0 Å². The fourth-order valence-corrected chi connectivity index (χ4v) is 3.09. The lowest BCUT2D eigenvalue weighted by Gasteiger charge is -2.11. The van der Waals surface area contributed by atoms with Gasteiger partial charge in [0.2, 0.25) is 10.0 Å². The van der Waals surface area contributed by atoms with Crippen molar-refractivity contribution in [3.63, 3.8) is 0 Å². The van der Waals surface area contributed by atoms with Gasteiger partial charge in [0, 0.05) is 13.1 Å². The van der Waals surface area contributed by atoms with Gasteiger partial charge in [0.05, 0.1) is 5.75 Å². The molecule has 0 atom stereocenters. The molecule has 0 radical (unpaired) electrons. The monoisotopic (exact) mass is 248 g/mol. The number of sulfonamides is 1. The molecule has 4 nitrogen and oxygen atoms in total. The molecule has 16 heavy (non-hydrogen) atoms. The Bertz CT molecular complexity index is 272. The number of rotatable bonds is 8. The first kappa shape index (κ1) is 13.9. The summed E-state index contributed by atoms with van der Waals surface area (Å²) in [4.78, 5) is 0. The third-order valence-corrected chi connectivity index (χ3v) is 4.39. The molecule has 1 rings (SSSR count). The summed E-state index contributed by atoms with van der Waals surface area (Å²) < 4.78 is 25.9. The molecule has 2 N–H and O–H groups in total. The predicted molar refractivity (Wildman–Crippen MR) is 66.9 cm³/mol. The molecule has 0 amide bonds. The summed E-state index contributed by atoms with van der Waals surface area (Å²) >= 11 is 0. The first-order valence-corrected chi connectivity index (χ1v) is 7.97. The van der Waals surface area contributed by atoms with Crippen molar-refractivity contribution < 1.29 is 8.42 Å². The summed E-state index contributed by atoms with van der Waals surface area (Å²) in [6.07, 6.45) is 5.90. The lowest BCUT2D eigenvalue weighted by molar-refractivity contribution is 0.518. The normalized spacial score (nSPS) is 18.1. The number of hydrogen-bond donors (Lipinski definition) is 2. The zero-order valence-electron chi connectivity index (χ0n) is 10.2. The fourth-order valence-electron chi connectivity index (χ4n) is 2.04. The summed E-state index contributed by atoms with van der Waals surface area (Å²) in [5, 5.41) is 3.10. The van der Waals surface area contributed by atoms with Crippen LogP contribution in [0, 0.1) is 5.92 Å². The Kier molecular flexibility index (Phi) is 6.31. The molecule has 0 saturated heterocycles. The second kappa shape index (κ2) is 7.25. The highest BCUT2D eigenvalue weighted by Gasteiger charge is 2.17. The quantitative estimate of drug-likeness (QED) is 0.632. The first-order valence-electron chi connectivity index (χ1n) is 6.32. The van der Waals surface area contributed by atoms with Crippen LogP contribution in [0.4, 0.5) is 0 Å². The van der Waals surface area contributed by atoms with E-state index in [0.29, 0.717) is 19.0 Å². The Morgan fingerprint density at radius 3 is 2.50 bits per heavy atom. The molecule has 0 aromatic heterocycles. The molecule has 0 aromatic carbocycles. The summed E-state index contributed by atoms with van der Waals surface area (Å²) in [5.41, 5.74) is 0. The van der Waals surface area contributed by atoms with Crippen LogP contribution in [0.3, 0.4) is 0 Å². The van der Waals surface area contributed by atoms with Gasteiger partial charge >= 0.3 is 0 Å². The molecule has 0 bridgehead atoms. The van der Waals surface area contributed by atoms with Crippen molar-refractivity contribution in [2.45, 2.75) is 39.0 Å². The minimum Gasteiger partial charge on any atom is -0.316 e. The molecule has 1 aliphatic rings. The van der Waals surface area contributed by atoms with Crippen LogP contribution in [0.25, 0.3) is 0 Å². The largest absolute Gasteiger partial charge is 0.316 e. The molecule has 0 unspecified atom stereocenters. The molecule has 1 aliphatic carbocycles. The SMILES string of the molecule is CCCNCCS(=O)(=O)NCC1CCCC1. The average Bonchev–Trinajstić information content (AvgIpc) is 2.75. The Morgan fingerprint density at radius 1 is 1.19 bits per heavy atom. The molecule has 0 aromatic rings. The van der Waals surface area contributed by atoms with E-state index in [1.807, 2.05) is 0 Å². The summed E-state index contributed by atoms with van der Waals surface area (Å²) in [7, 11) is -3.06. The highest BCUT2D eigenvalue weighted by atomic mass is 32.2. The minimum atomic E-state index is -3.06. The Morgan fingerprint density at radius 2 is 1.88 bits per heavy atom. The molecule has 0 spiro atoms. The van der Waals surface area contributed by atoms with E-state index in [0.717, 1.165) is 13.0 Å². The molecule has 5 heteroatoms. The average molecular weight is 248 g/mol. The maximum Gasteiger partial charge on any atom is 0.212 e. The highest BCUT2D eigenvalue weighted by molar-refractivity contribution is 7.89. The number of hydrogen-bond acceptors (Lipinski definition) is 3. The van der Waals surface area contributed by atoms with Gasteiger partial charge in [-0.25, -0.2) is 13.1 Å². The van der Waals surface area contributed by atoms with Gasteiger partial charge in [0.15, 0.2) is 0 Å². The van der Waals surface area contributed by atoms with Crippen molar-refractivity contribution in [2.75, 3.05) is 25.4 Å². The predicted octanol–water partition coefficient (Wildman–Crippen LogP) is 1.10. The van der Waals surface area contributed by atoms with Crippen LogP contribution in [-0.4, -0.2) is 33.8 Å². The van der Waals surface area contributed by atoms with Gasteiger partial charge < -0.3 is 5.32 Å². The van der Waals surface area contributed by atoms with Crippen molar-refractivity contribution in [1.82, 2.24) is 10.0 Å². The van der Waals surface area contributed by atoms with Crippen molar-refractivity contribution in [3.05, 3.63) is 0 Å².